The van der Waals surface area contributed by atoms with Gasteiger partial charge in [0, 0.05) is 42.6 Å². The van der Waals surface area contributed by atoms with Crippen LogP contribution in [0.15, 0.2) is 77.8 Å². The molecule has 38 heavy (non-hydrogen) atoms. The average Bonchev–Trinajstić information content (AvgIpc) is 3.42. The molecule has 0 amide bonds. The first-order valence-corrected chi connectivity index (χ1v) is 11.9. The number of rotatable bonds is 9. The van der Waals surface area contributed by atoms with Crippen molar-refractivity contribution in [1.82, 2.24) is 9.88 Å². The number of carbonyl (C=O) groups excluding carboxylic acids is 2. The Morgan fingerprint density at radius 3 is 2.71 bits per heavy atom. The minimum absolute atomic E-state index is 0. The molecule has 0 saturated heterocycles. The molecule has 10 heteroatoms. The summed E-state index contributed by atoms with van der Waals surface area (Å²) >= 11 is 0. The summed E-state index contributed by atoms with van der Waals surface area (Å²) in [5.41, 5.74) is 2.78. The van der Waals surface area contributed by atoms with E-state index in [1.807, 2.05) is 11.0 Å². The van der Waals surface area contributed by atoms with E-state index in [2.05, 4.69) is 15.3 Å². The van der Waals surface area contributed by atoms with Crippen LogP contribution in [0.3, 0.4) is 0 Å². The smallest absolute Gasteiger partial charge is 0.191 e. The summed E-state index contributed by atoms with van der Waals surface area (Å²) in [4.78, 5) is 35.9. The van der Waals surface area contributed by atoms with E-state index in [1.54, 1.807) is 36.5 Å². The SMILES string of the molecule is COc1c(OCC(=O)CCc2ccc(F)cc2)ccc2c1NC(=CC(=O)c1cccnc1)N1CCN=C21.Cl. The van der Waals surface area contributed by atoms with Crippen LogP contribution < -0.4 is 14.8 Å². The molecule has 0 fully saturated rings. The molecule has 2 aromatic carbocycles. The number of allylic oxidation sites excluding steroid dienone is 1. The molecule has 0 spiro atoms. The van der Waals surface area contributed by atoms with E-state index in [-0.39, 0.29) is 42.8 Å². The third-order valence-electron chi connectivity index (χ3n) is 6.16. The van der Waals surface area contributed by atoms with Crippen LogP contribution in [-0.4, -0.2) is 54.1 Å². The third kappa shape index (κ3) is 5.68. The number of ketones is 2. The Bertz CT molecular complexity index is 1390. The summed E-state index contributed by atoms with van der Waals surface area (Å²) < 4.78 is 24.6. The number of hydrogen-bond donors (Lipinski definition) is 1. The van der Waals surface area contributed by atoms with Crippen molar-refractivity contribution in [2.75, 3.05) is 32.1 Å². The van der Waals surface area contributed by atoms with Crippen LogP contribution in [0.25, 0.3) is 0 Å². The van der Waals surface area contributed by atoms with Crippen molar-refractivity contribution < 1.29 is 23.5 Å². The van der Waals surface area contributed by atoms with E-state index in [4.69, 9.17) is 9.47 Å². The number of fused-ring (bicyclic) bond motifs is 3. The Kier molecular flexibility index (Phi) is 8.38. The maximum Gasteiger partial charge on any atom is 0.191 e. The number of Topliss-reactive ketones (excluding diaryl/α,β-unsaturated/α-hetero) is 1. The fourth-order valence-corrected chi connectivity index (χ4v) is 4.29. The Morgan fingerprint density at radius 2 is 1.97 bits per heavy atom. The normalized spacial score (nSPS) is 14.5. The van der Waals surface area contributed by atoms with Gasteiger partial charge >= 0.3 is 0 Å². The second-order valence-electron chi connectivity index (χ2n) is 8.59. The number of halogens is 2. The number of aromatic nitrogens is 1. The molecule has 5 rings (SSSR count). The van der Waals surface area contributed by atoms with Gasteiger partial charge in [0.25, 0.3) is 0 Å². The molecule has 0 atom stereocenters. The molecule has 196 valence electrons. The summed E-state index contributed by atoms with van der Waals surface area (Å²) in [7, 11) is 1.52. The minimum atomic E-state index is -0.308. The quantitative estimate of drug-likeness (QED) is 0.319. The second kappa shape index (κ2) is 11.9. The summed E-state index contributed by atoms with van der Waals surface area (Å²) in [6.07, 6.45) is 5.43. The molecular formula is C28H26ClFN4O4. The first-order valence-electron chi connectivity index (χ1n) is 11.9. The maximum absolute atomic E-state index is 13.1. The molecule has 0 saturated carbocycles. The molecule has 1 aromatic heterocycles. The van der Waals surface area contributed by atoms with Gasteiger partial charge in [-0.2, -0.15) is 0 Å². The van der Waals surface area contributed by atoms with Crippen molar-refractivity contribution in [3.63, 3.8) is 0 Å². The van der Waals surface area contributed by atoms with Crippen molar-refractivity contribution in [3.05, 3.63) is 95.3 Å². The standard InChI is InChI=1S/C28H25FN4O4.ClH/c1-36-27-24(37-17-21(34)9-6-18-4-7-20(29)8-5-18)11-10-22-26(27)32-25(33-14-13-31-28(22)33)15-23(35)19-3-2-12-30-16-19;/h2-5,7-8,10-12,15-16,32H,6,9,13-14,17H2,1H3;1H. The Hall–Kier alpha value is -4.24. The zero-order valence-electron chi connectivity index (χ0n) is 20.6. The van der Waals surface area contributed by atoms with Gasteiger partial charge in [-0.1, -0.05) is 12.1 Å². The minimum Gasteiger partial charge on any atom is -0.491 e. The van der Waals surface area contributed by atoms with Gasteiger partial charge in [-0.25, -0.2) is 4.39 Å². The highest BCUT2D eigenvalue weighted by atomic mass is 35.5. The molecule has 0 radical (unpaired) electrons. The second-order valence-corrected chi connectivity index (χ2v) is 8.59. The monoisotopic (exact) mass is 536 g/mol. The van der Waals surface area contributed by atoms with Gasteiger partial charge in [-0.3, -0.25) is 19.6 Å². The summed E-state index contributed by atoms with van der Waals surface area (Å²) in [6.45, 7) is 1.10. The number of hydrogen-bond acceptors (Lipinski definition) is 8. The van der Waals surface area contributed by atoms with Crippen molar-refractivity contribution in [3.8, 4) is 11.5 Å². The highest BCUT2D eigenvalue weighted by molar-refractivity contribution is 6.11. The topological polar surface area (TPSA) is 93.1 Å². The van der Waals surface area contributed by atoms with E-state index >= 15 is 0 Å². The van der Waals surface area contributed by atoms with Crippen molar-refractivity contribution in [2.24, 2.45) is 4.99 Å². The van der Waals surface area contributed by atoms with Gasteiger partial charge in [-0.05, 0) is 48.4 Å². The number of nitrogens with zero attached hydrogens (tertiary/aromatic N) is 3. The third-order valence-corrected chi connectivity index (χ3v) is 6.16. The average molecular weight is 537 g/mol. The fraction of sp³-hybridized carbons (Fsp3) is 0.214. The fourth-order valence-electron chi connectivity index (χ4n) is 4.29. The number of pyridine rings is 1. The van der Waals surface area contributed by atoms with Gasteiger partial charge in [0.2, 0.25) is 0 Å². The van der Waals surface area contributed by atoms with Crippen LogP contribution in [0, 0.1) is 5.82 Å². The van der Waals surface area contributed by atoms with Crippen LogP contribution in [0.1, 0.15) is 27.9 Å². The number of nitrogens with one attached hydrogen (secondary N) is 1. The Morgan fingerprint density at radius 1 is 1.16 bits per heavy atom. The molecule has 3 heterocycles. The highest BCUT2D eigenvalue weighted by Crippen LogP contribution is 2.43. The van der Waals surface area contributed by atoms with E-state index in [0.717, 1.165) is 17.0 Å². The van der Waals surface area contributed by atoms with E-state index < -0.39 is 0 Å². The summed E-state index contributed by atoms with van der Waals surface area (Å²) in [6, 6.07) is 13.1. The number of aryl methyl sites for hydroxylation is 1. The maximum atomic E-state index is 13.1. The molecule has 2 aliphatic rings. The van der Waals surface area contributed by atoms with Gasteiger partial charge in [0.15, 0.2) is 23.1 Å². The predicted octanol–water partition coefficient (Wildman–Crippen LogP) is 4.44. The molecule has 8 nitrogen and oxygen atoms in total. The lowest BCUT2D eigenvalue weighted by Gasteiger charge is -2.32. The van der Waals surface area contributed by atoms with Gasteiger partial charge in [-0.15, -0.1) is 12.4 Å². The zero-order chi connectivity index (χ0) is 25.8. The van der Waals surface area contributed by atoms with E-state index in [1.165, 1.54) is 31.5 Å². The zero-order valence-corrected chi connectivity index (χ0v) is 21.5. The number of ether oxygens (including phenoxy) is 2. The van der Waals surface area contributed by atoms with Crippen molar-refractivity contribution >= 4 is 35.5 Å². The number of amidine groups is 1. The van der Waals surface area contributed by atoms with Crippen LogP contribution in [-0.2, 0) is 11.2 Å². The molecule has 3 aromatic rings. The first-order chi connectivity index (χ1) is 18.0. The molecule has 0 aliphatic carbocycles. The van der Waals surface area contributed by atoms with Gasteiger partial charge in [0.05, 0.1) is 19.3 Å². The predicted molar refractivity (Wildman–Crippen MR) is 144 cm³/mol. The molecular weight excluding hydrogens is 511 g/mol. The van der Waals surface area contributed by atoms with Crippen molar-refractivity contribution in [2.45, 2.75) is 12.8 Å². The molecule has 1 N–H and O–H groups in total. The summed E-state index contributed by atoms with van der Waals surface area (Å²) in [5, 5.41) is 3.31. The lowest BCUT2D eigenvalue weighted by molar-refractivity contribution is -0.121. The molecule has 0 bridgehead atoms. The number of benzene rings is 2. The number of aliphatic imine (C=N–C) groups is 1. The molecule has 0 unspecified atom stereocenters. The van der Waals surface area contributed by atoms with Crippen LogP contribution in [0.4, 0.5) is 10.1 Å². The van der Waals surface area contributed by atoms with Gasteiger partial charge < -0.3 is 19.7 Å². The van der Waals surface area contributed by atoms with E-state index in [9.17, 15) is 14.0 Å². The molecule has 2 aliphatic heterocycles. The van der Waals surface area contributed by atoms with E-state index in [0.29, 0.717) is 48.1 Å². The number of methoxy groups -OCH3 is 1. The lowest BCUT2D eigenvalue weighted by Crippen LogP contribution is -2.36. The van der Waals surface area contributed by atoms with Crippen LogP contribution >= 0.6 is 12.4 Å². The lowest BCUT2D eigenvalue weighted by atomic mass is 10.1. The first kappa shape index (κ1) is 26.8. The Balaban J connectivity index is 0.00000336. The Labute approximate surface area is 225 Å². The highest BCUT2D eigenvalue weighted by Gasteiger charge is 2.33. The number of anilines is 1. The van der Waals surface area contributed by atoms with Crippen molar-refractivity contribution in [1.29, 1.82) is 0 Å². The van der Waals surface area contributed by atoms with Crippen LogP contribution in [0.2, 0.25) is 0 Å². The summed E-state index contributed by atoms with van der Waals surface area (Å²) in [5.74, 6) is 1.53. The van der Waals surface area contributed by atoms with Gasteiger partial charge in [0.1, 0.15) is 24.1 Å². The largest absolute Gasteiger partial charge is 0.491 e. The van der Waals surface area contributed by atoms with Crippen LogP contribution in [0.5, 0.6) is 11.5 Å². The number of carbonyl (C=O) groups is 2.